The van der Waals surface area contributed by atoms with Crippen molar-refractivity contribution in [2.45, 2.75) is 23.2 Å². The van der Waals surface area contributed by atoms with E-state index in [1.807, 2.05) is 6.08 Å². The van der Waals surface area contributed by atoms with Crippen LogP contribution in [0.3, 0.4) is 0 Å². The predicted molar refractivity (Wildman–Crippen MR) is 45.0 cm³/mol. The molecule has 2 rings (SSSR count). The minimum absolute atomic E-state index is 0.000509. The number of allylic oxidation sites excluding steroid dienone is 1. The number of nitrogens with two attached hydrogens (primary N) is 1. The topological polar surface area (TPSA) is 55.1 Å². The summed E-state index contributed by atoms with van der Waals surface area (Å²) in [6.45, 7) is 0. The normalized spacial score (nSPS) is 42.6. The van der Waals surface area contributed by atoms with Crippen LogP contribution in [0.5, 0.6) is 0 Å². The number of hydrogen-bond donors (Lipinski definition) is 2. The molecule has 0 bridgehead atoms. The second-order valence-electron chi connectivity index (χ2n) is 2.82. The number of hydrogen-bond acceptors (Lipinski definition) is 4. The van der Waals surface area contributed by atoms with Gasteiger partial charge in [-0.05, 0) is 6.08 Å². The highest BCUT2D eigenvalue weighted by atomic mass is 32.2. The van der Waals surface area contributed by atoms with Crippen molar-refractivity contribution in [2.24, 2.45) is 5.73 Å². The van der Waals surface area contributed by atoms with Crippen molar-refractivity contribution in [3.05, 3.63) is 12.2 Å². The van der Waals surface area contributed by atoms with Gasteiger partial charge in [0, 0.05) is 17.7 Å². The maximum atomic E-state index is 10.9. The average Bonchev–Trinajstić information content (AvgIpc) is 2.27. The Labute approximate surface area is 69.4 Å². The maximum Gasteiger partial charge on any atom is 0.156 e. The number of rotatable bonds is 0. The Morgan fingerprint density at radius 3 is 3.36 bits per heavy atom. The molecule has 0 aromatic heterocycles. The summed E-state index contributed by atoms with van der Waals surface area (Å²) in [5.41, 5.74) is 5.65. The fraction of sp³-hybridized carbons (Fsp3) is 0.571. The van der Waals surface area contributed by atoms with Crippen LogP contribution < -0.4 is 11.1 Å². The predicted octanol–water partition coefficient (Wildman–Crippen LogP) is -0.169. The van der Waals surface area contributed by atoms with Crippen molar-refractivity contribution in [1.29, 1.82) is 0 Å². The van der Waals surface area contributed by atoms with Crippen LogP contribution in [0.1, 0.15) is 6.42 Å². The maximum absolute atomic E-state index is 10.9. The molecular formula is C7H10N2OS. The van der Waals surface area contributed by atoms with E-state index in [4.69, 9.17) is 5.73 Å². The smallest absolute Gasteiger partial charge is 0.156 e. The van der Waals surface area contributed by atoms with Crippen molar-refractivity contribution >= 4 is 17.5 Å². The molecule has 1 saturated heterocycles. The molecule has 0 saturated carbocycles. The molecule has 0 aromatic rings. The summed E-state index contributed by atoms with van der Waals surface area (Å²) in [4.78, 5) is 10.9. The second kappa shape index (κ2) is 2.62. The SMILES string of the molecule is NC1NC2C=CC(=O)CC2S1. The molecule has 60 valence electrons. The molecule has 0 amide bonds. The molecule has 4 heteroatoms. The largest absolute Gasteiger partial charge is 0.307 e. The van der Waals surface area contributed by atoms with Crippen molar-refractivity contribution in [2.75, 3.05) is 0 Å². The van der Waals surface area contributed by atoms with Gasteiger partial charge in [-0.15, -0.1) is 11.8 Å². The lowest BCUT2D eigenvalue weighted by atomic mass is 10.0. The quantitative estimate of drug-likeness (QED) is 0.530. The molecule has 1 aliphatic carbocycles. The summed E-state index contributed by atoms with van der Waals surface area (Å²) < 4.78 is 0. The molecule has 11 heavy (non-hydrogen) atoms. The molecule has 1 heterocycles. The van der Waals surface area contributed by atoms with Crippen LogP contribution in [-0.4, -0.2) is 22.6 Å². The number of fused-ring (bicyclic) bond motifs is 1. The van der Waals surface area contributed by atoms with E-state index in [-0.39, 0.29) is 11.3 Å². The molecule has 3 N–H and O–H groups in total. The number of thioether (sulfide) groups is 1. The number of carbonyl (C=O) groups is 1. The fourth-order valence-electron chi connectivity index (χ4n) is 1.44. The highest BCUT2D eigenvalue weighted by molar-refractivity contribution is 8.00. The van der Waals surface area contributed by atoms with E-state index in [2.05, 4.69) is 5.32 Å². The molecule has 3 nitrogen and oxygen atoms in total. The van der Waals surface area contributed by atoms with Gasteiger partial charge in [-0.3, -0.25) is 10.1 Å². The van der Waals surface area contributed by atoms with E-state index in [1.54, 1.807) is 17.8 Å². The monoisotopic (exact) mass is 170 g/mol. The van der Waals surface area contributed by atoms with Crippen molar-refractivity contribution in [3.63, 3.8) is 0 Å². The van der Waals surface area contributed by atoms with Gasteiger partial charge in [0.05, 0.1) is 0 Å². The first-order chi connectivity index (χ1) is 5.25. The van der Waals surface area contributed by atoms with E-state index >= 15 is 0 Å². The molecule has 0 spiro atoms. The first-order valence-corrected chi connectivity index (χ1v) is 4.58. The molecule has 1 fully saturated rings. The zero-order chi connectivity index (χ0) is 7.84. The Hall–Kier alpha value is -0.320. The van der Waals surface area contributed by atoms with Gasteiger partial charge in [0.15, 0.2) is 5.78 Å². The first-order valence-electron chi connectivity index (χ1n) is 3.64. The third-order valence-electron chi connectivity index (χ3n) is 1.97. The molecule has 1 aliphatic heterocycles. The van der Waals surface area contributed by atoms with E-state index in [1.165, 1.54) is 0 Å². The average molecular weight is 170 g/mol. The van der Waals surface area contributed by atoms with Gasteiger partial charge in [0.25, 0.3) is 0 Å². The Balaban J connectivity index is 2.13. The lowest BCUT2D eigenvalue weighted by Gasteiger charge is -2.16. The van der Waals surface area contributed by atoms with Gasteiger partial charge < -0.3 is 5.73 Å². The molecule has 3 unspecified atom stereocenters. The second-order valence-corrected chi connectivity index (χ2v) is 4.20. The van der Waals surface area contributed by atoms with Crippen molar-refractivity contribution in [3.8, 4) is 0 Å². The molecule has 3 atom stereocenters. The summed E-state index contributed by atoms with van der Waals surface area (Å²) in [5, 5.41) is 3.54. The van der Waals surface area contributed by atoms with Gasteiger partial charge in [0.1, 0.15) is 5.50 Å². The number of ketones is 1. The third kappa shape index (κ3) is 1.34. The van der Waals surface area contributed by atoms with Crippen LogP contribution in [-0.2, 0) is 4.79 Å². The number of nitrogens with one attached hydrogen (secondary N) is 1. The van der Waals surface area contributed by atoms with Crippen LogP contribution in [0.4, 0.5) is 0 Å². The Bertz CT molecular complexity index is 216. The lowest BCUT2D eigenvalue weighted by molar-refractivity contribution is -0.114. The Kier molecular flexibility index (Phi) is 1.75. The minimum Gasteiger partial charge on any atom is -0.307 e. The van der Waals surface area contributed by atoms with Crippen molar-refractivity contribution < 1.29 is 4.79 Å². The highest BCUT2D eigenvalue weighted by Crippen LogP contribution is 2.30. The van der Waals surface area contributed by atoms with Crippen LogP contribution in [0.2, 0.25) is 0 Å². The standard InChI is InChI=1S/C7H10N2OS/c8-7-9-5-2-1-4(10)3-6(5)11-7/h1-2,5-7,9H,3,8H2. The number of carbonyl (C=O) groups excluding carboxylic acids is 1. The van der Waals surface area contributed by atoms with Crippen LogP contribution in [0, 0.1) is 0 Å². The summed E-state index contributed by atoms with van der Waals surface area (Å²) in [5.74, 6) is 0.217. The summed E-state index contributed by atoms with van der Waals surface area (Å²) >= 11 is 1.65. The van der Waals surface area contributed by atoms with Gasteiger partial charge in [-0.2, -0.15) is 0 Å². The zero-order valence-electron chi connectivity index (χ0n) is 5.99. The Morgan fingerprint density at radius 1 is 1.73 bits per heavy atom. The highest BCUT2D eigenvalue weighted by Gasteiger charge is 2.33. The molecular weight excluding hydrogens is 160 g/mol. The minimum atomic E-state index is 0.000509. The van der Waals surface area contributed by atoms with Gasteiger partial charge >= 0.3 is 0 Å². The first kappa shape index (κ1) is 7.34. The zero-order valence-corrected chi connectivity index (χ0v) is 6.80. The van der Waals surface area contributed by atoms with Gasteiger partial charge in [0.2, 0.25) is 0 Å². The van der Waals surface area contributed by atoms with E-state index < -0.39 is 0 Å². The summed E-state index contributed by atoms with van der Waals surface area (Å²) in [7, 11) is 0. The third-order valence-corrected chi connectivity index (χ3v) is 3.21. The van der Waals surface area contributed by atoms with E-state index in [0.29, 0.717) is 17.7 Å². The molecule has 0 aromatic carbocycles. The Morgan fingerprint density at radius 2 is 2.55 bits per heavy atom. The van der Waals surface area contributed by atoms with Crippen LogP contribution >= 0.6 is 11.8 Å². The van der Waals surface area contributed by atoms with Crippen LogP contribution in [0.15, 0.2) is 12.2 Å². The van der Waals surface area contributed by atoms with Gasteiger partial charge in [-0.25, -0.2) is 0 Å². The van der Waals surface area contributed by atoms with E-state index in [0.717, 1.165) is 0 Å². The molecule has 2 aliphatic rings. The summed E-state index contributed by atoms with van der Waals surface area (Å²) in [6.07, 6.45) is 4.19. The van der Waals surface area contributed by atoms with Crippen molar-refractivity contribution in [1.82, 2.24) is 5.32 Å². The lowest BCUT2D eigenvalue weighted by Crippen LogP contribution is -2.37. The van der Waals surface area contributed by atoms with Crippen LogP contribution in [0.25, 0.3) is 0 Å². The fourth-order valence-corrected chi connectivity index (χ4v) is 2.65. The van der Waals surface area contributed by atoms with Gasteiger partial charge in [-0.1, -0.05) is 6.08 Å². The van der Waals surface area contributed by atoms with E-state index in [9.17, 15) is 4.79 Å². The summed E-state index contributed by atoms with van der Waals surface area (Å²) in [6, 6.07) is 0.313. The molecule has 0 radical (unpaired) electrons.